The minimum atomic E-state index is -4.67. The molecule has 1 aliphatic carbocycles. The zero-order chi connectivity index (χ0) is 15.6. The highest BCUT2D eigenvalue weighted by atomic mass is 19.4. The molecule has 0 aromatic carbocycles. The molecule has 2 fully saturated rings. The number of nitrogens with zero attached hydrogens (tertiary/aromatic N) is 3. The van der Waals surface area contributed by atoms with E-state index in [-0.39, 0.29) is 5.75 Å². The maximum atomic E-state index is 12.1. The molecule has 0 atom stereocenters. The molecule has 3 rings (SSSR count). The predicted molar refractivity (Wildman–Crippen MR) is 77.0 cm³/mol. The Morgan fingerprint density at radius 2 is 1.73 bits per heavy atom. The van der Waals surface area contributed by atoms with Crippen LogP contribution in [0.15, 0.2) is 18.3 Å². The number of aromatic nitrogens is 1. The number of halogens is 3. The van der Waals surface area contributed by atoms with E-state index in [0.29, 0.717) is 5.82 Å². The number of rotatable bonds is 3. The molecular formula is C15H20F3N3O. The first-order chi connectivity index (χ1) is 10.5. The SMILES string of the molecule is FC(F)(F)Oc1ccc(N2CCN(C3CCCC3)CC2)nc1. The van der Waals surface area contributed by atoms with Gasteiger partial charge in [0.2, 0.25) is 0 Å². The number of alkyl halides is 3. The lowest BCUT2D eigenvalue weighted by molar-refractivity contribution is -0.274. The largest absolute Gasteiger partial charge is 0.573 e. The van der Waals surface area contributed by atoms with Gasteiger partial charge in [0.15, 0.2) is 0 Å². The fourth-order valence-electron chi connectivity index (χ4n) is 3.34. The Morgan fingerprint density at radius 3 is 2.27 bits per heavy atom. The van der Waals surface area contributed by atoms with Crippen molar-refractivity contribution in [2.45, 2.75) is 38.1 Å². The third-order valence-corrected chi connectivity index (χ3v) is 4.43. The van der Waals surface area contributed by atoms with E-state index < -0.39 is 6.36 Å². The summed E-state index contributed by atoms with van der Waals surface area (Å²) in [6.45, 7) is 3.71. The highest BCUT2D eigenvalue weighted by Gasteiger charge is 2.31. The van der Waals surface area contributed by atoms with Gasteiger partial charge in [-0.05, 0) is 25.0 Å². The number of pyridine rings is 1. The van der Waals surface area contributed by atoms with E-state index in [1.807, 2.05) is 0 Å². The predicted octanol–water partition coefficient (Wildman–Crippen LogP) is 3.04. The third kappa shape index (κ3) is 3.82. The van der Waals surface area contributed by atoms with Crippen LogP contribution in [0.25, 0.3) is 0 Å². The molecule has 0 unspecified atom stereocenters. The van der Waals surface area contributed by atoms with Crippen molar-refractivity contribution in [1.29, 1.82) is 0 Å². The maximum absolute atomic E-state index is 12.1. The molecule has 1 aromatic rings. The highest BCUT2D eigenvalue weighted by Crippen LogP contribution is 2.26. The van der Waals surface area contributed by atoms with Crippen LogP contribution >= 0.6 is 0 Å². The molecule has 2 heterocycles. The van der Waals surface area contributed by atoms with Crippen LogP contribution in [0, 0.1) is 0 Å². The Balaban J connectivity index is 1.54. The zero-order valence-electron chi connectivity index (χ0n) is 12.4. The van der Waals surface area contributed by atoms with E-state index in [4.69, 9.17) is 0 Å². The number of piperazine rings is 1. The van der Waals surface area contributed by atoms with E-state index >= 15 is 0 Å². The second kappa shape index (κ2) is 6.32. The maximum Gasteiger partial charge on any atom is 0.573 e. The molecule has 122 valence electrons. The molecule has 1 aromatic heterocycles. The van der Waals surface area contributed by atoms with Crippen molar-refractivity contribution in [2.24, 2.45) is 0 Å². The summed E-state index contributed by atoms with van der Waals surface area (Å²) in [4.78, 5) is 8.74. The highest BCUT2D eigenvalue weighted by molar-refractivity contribution is 5.41. The van der Waals surface area contributed by atoms with Crippen LogP contribution in [-0.2, 0) is 0 Å². The van der Waals surface area contributed by atoms with Gasteiger partial charge in [-0.15, -0.1) is 13.2 Å². The van der Waals surface area contributed by atoms with Crippen molar-refractivity contribution in [2.75, 3.05) is 31.1 Å². The molecule has 0 spiro atoms. The van der Waals surface area contributed by atoms with Crippen LogP contribution in [0.1, 0.15) is 25.7 Å². The molecule has 4 nitrogen and oxygen atoms in total. The summed E-state index contributed by atoms with van der Waals surface area (Å²) in [5.74, 6) is 0.432. The summed E-state index contributed by atoms with van der Waals surface area (Å²) in [5, 5.41) is 0. The van der Waals surface area contributed by atoms with Crippen molar-refractivity contribution < 1.29 is 17.9 Å². The van der Waals surface area contributed by atoms with Crippen molar-refractivity contribution in [3.8, 4) is 5.75 Å². The van der Waals surface area contributed by atoms with Gasteiger partial charge in [0.05, 0.1) is 6.20 Å². The quantitative estimate of drug-likeness (QED) is 0.857. The molecule has 0 amide bonds. The van der Waals surface area contributed by atoms with Gasteiger partial charge in [-0.2, -0.15) is 0 Å². The standard InChI is InChI=1S/C15H20F3N3O/c16-15(17,18)22-13-5-6-14(19-11-13)21-9-7-20(8-10-21)12-3-1-2-4-12/h5-6,11-12H,1-4,7-10H2. The number of anilines is 1. The van der Waals surface area contributed by atoms with Crippen LogP contribution < -0.4 is 9.64 Å². The molecule has 0 bridgehead atoms. The van der Waals surface area contributed by atoms with Gasteiger partial charge in [-0.1, -0.05) is 12.8 Å². The summed E-state index contributed by atoms with van der Waals surface area (Å²) in [7, 11) is 0. The van der Waals surface area contributed by atoms with Crippen LogP contribution in [0.2, 0.25) is 0 Å². The van der Waals surface area contributed by atoms with Crippen molar-refractivity contribution >= 4 is 5.82 Å². The summed E-state index contributed by atoms with van der Waals surface area (Å²) >= 11 is 0. The summed E-state index contributed by atoms with van der Waals surface area (Å²) in [6.07, 6.45) is 1.70. The average Bonchev–Trinajstić information content (AvgIpc) is 3.01. The van der Waals surface area contributed by atoms with Crippen LogP contribution in [-0.4, -0.2) is 48.5 Å². The van der Waals surface area contributed by atoms with E-state index in [0.717, 1.165) is 38.4 Å². The van der Waals surface area contributed by atoms with Gasteiger partial charge in [0.1, 0.15) is 11.6 Å². The Kier molecular flexibility index (Phi) is 4.42. The number of ether oxygens (including phenoxy) is 1. The minimum absolute atomic E-state index is 0.277. The summed E-state index contributed by atoms with van der Waals surface area (Å²) in [6, 6.07) is 3.63. The first-order valence-corrected chi connectivity index (χ1v) is 7.72. The fourth-order valence-corrected chi connectivity index (χ4v) is 3.34. The molecule has 2 aliphatic rings. The monoisotopic (exact) mass is 315 g/mol. The minimum Gasteiger partial charge on any atom is -0.404 e. The van der Waals surface area contributed by atoms with Crippen molar-refractivity contribution in [3.05, 3.63) is 18.3 Å². The molecule has 1 saturated heterocycles. The second-order valence-electron chi connectivity index (χ2n) is 5.86. The lowest BCUT2D eigenvalue weighted by Gasteiger charge is -2.38. The Hall–Kier alpha value is -1.50. The Morgan fingerprint density at radius 1 is 1.05 bits per heavy atom. The van der Waals surface area contributed by atoms with Crippen molar-refractivity contribution in [1.82, 2.24) is 9.88 Å². The lowest BCUT2D eigenvalue weighted by Crippen LogP contribution is -2.49. The molecule has 0 radical (unpaired) electrons. The van der Waals surface area contributed by atoms with Crippen LogP contribution in [0.3, 0.4) is 0 Å². The number of hydrogen-bond acceptors (Lipinski definition) is 4. The molecular weight excluding hydrogens is 295 g/mol. The van der Waals surface area contributed by atoms with Gasteiger partial charge in [0, 0.05) is 32.2 Å². The fraction of sp³-hybridized carbons (Fsp3) is 0.667. The van der Waals surface area contributed by atoms with Gasteiger partial charge in [0.25, 0.3) is 0 Å². The summed E-state index contributed by atoms with van der Waals surface area (Å²) in [5.41, 5.74) is 0. The van der Waals surface area contributed by atoms with E-state index in [2.05, 4.69) is 19.5 Å². The molecule has 22 heavy (non-hydrogen) atoms. The molecule has 7 heteroatoms. The van der Waals surface area contributed by atoms with Crippen LogP contribution in [0.5, 0.6) is 5.75 Å². The van der Waals surface area contributed by atoms with Gasteiger partial charge in [-0.3, -0.25) is 4.90 Å². The lowest BCUT2D eigenvalue weighted by atomic mass is 10.2. The first-order valence-electron chi connectivity index (χ1n) is 7.72. The molecule has 1 saturated carbocycles. The molecule has 0 N–H and O–H groups in total. The smallest absolute Gasteiger partial charge is 0.404 e. The number of hydrogen-bond donors (Lipinski definition) is 0. The van der Waals surface area contributed by atoms with E-state index in [1.54, 1.807) is 6.07 Å². The Labute approximate surface area is 127 Å². The van der Waals surface area contributed by atoms with Crippen molar-refractivity contribution in [3.63, 3.8) is 0 Å². The van der Waals surface area contributed by atoms with Gasteiger partial charge in [-0.25, -0.2) is 4.98 Å². The summed E-state index contributed by atoms with van der Waals surface area (Å²) < 4.78 is 40.2. The second-order valence-corrected chi connectivity index (χ2v) is 5.86. The average molecular weight is 315 g/mol. The topological polar surface area (TPSA) is 28.6 Å². The van der Waals surface area contributed by atoms with Crippen LogP contribution in [0.4, 0.5) is 19.0 Å². The van der Waals surface area contributed by atoms with Gasteiger partial charge >= 0.3 is 6.36 Å². The normalized spacial score (nSPS) is 21.3. The van der Waals surface area contributed by atoms with E-state index in [1.165, 1.54) is 31.7 Å². The van der Waals surface area contributed by atoms with Gasteiger partial charge < -0.3 is 9.64 Å². The zero-order valence-corrected chi connectivity index (χ0v) is 12.4. The Bertz CT molecular complexity index is 478. The first kappa shape index (κ1) is 15.4. The molecule has 1 aliphatic heterocycles. The van der Waals surface area contributed by atoms with E-state index in [9.17, 15) is 13.2 Å². The third-order valence-electron chi connectivity index (χ3n) is 4.43.